The second-order valence-corrected chi connectivity index (χ2v) is 4.39. The summed E-state index contributed by atoms with van der Waals surface area (Å²) in [4.78, 5) is 10.1. The first-order valence-electron chi connectivity index (χ1n) is 6.10. The van der Waals surface area contributed by atoms with Gasteiger partial charge in [-0.2, -0.15) is 5.10 Å². The lowest BCUT2D eigenvalue weighted by Gasteiger charge is -2.00. The normalized spacial score (nSPS) is 9.95. The van der Waals surface area contributed by atoms with Gasteiger partial charge >= 0.3 is 5.97 Å². The Morgan fingerprint density at radius 1 is 1.42 bits per heavy atom. The standard InChI is InChI=1S/C10H12N2.C4H9NO2/c1-7-4-8(2)10-9(5-7)6-11-12(10)3;1-5-3-4(6)7-2/h4-6H,1-3H3;5H,3H2,1-2H3. The van der Waals surface area contributed by atoms with Crippen LogP contribution in [0.15, 0.2) is 18.3 Å². The maximum absolute atomic E-state index is 10.1. The molecular formula is C14H21N3O2. The Labute approximate surface area is 113 Å². The van der Waals surface area contributed by atoms with Crippen molar-refractivity contribution in [2.75, 3.05) is 20.7 Å². The number of rotatable bonds is 2. The van der Waals surface area contributed by atoms with Gasteiger partial charge in [-0.05, 0) is 32.5 Å². The van der Waals surface area contributed by atoms with Crippen LogP contribution >= 0.6 is 0 Å². The molecule has 0 amide bonds. The number of esters is 1. The van der Waals surface area contributed by atoms with E-state index in [9.17, 15) is 4.79 Å². The zero-order valence-corrected chi connectivity index (χ0v) is 12.2. The van der Waals surface area contributed by atoms with E-state index in [0.717, 1.165) is 0 Å². The van der Waals surface area contributed by atoms with E-state index in [-0.39, 0.29) is 12.5 Å². The molecule has 0 fully saturated rings. The van der Waals surface area contributed by atoms with Crippen molar-refractivity contribution in [3.63, 3.8) is 0 Å². The summed E-state index contributed by atoms with van der Waals surface area (Å²) in [6.45, 7) is 4.52. The van der Waals surface area contributed by atoms with Gasteiger partial charge in [-0.15, -0.1) is 0 Å². The lowest BCUT2D eigenvalue weighted by molar-refractivity contribution is -0.139. The fraction of sp³-hybridized carbons (Fsp3) is 0.429. The van der Waals surface area contributed by atoms with Crippen LogP contribution in [-0.4, -0.2) is 36.5 Å². The average molecular weight is 263 g/mol. The number of methoxy groups -OCH3 is 1. The van der Waals surface area contributed by atoms with Crippen LogP contribution in [0.5, 0.6) is 0 Å². The minimum absolute atomic E-state index is 0.234. The number of hydrogen-bond acceptors (Lipinski definition) is 4. The summed E-state index contributed by atoms with van der Waals surface area (Å²) in [7, 11) is 5.03. The molecular weight excluding hydrogens is 242 g/mol. The van der Waals surface area contributed by atoms with Gasteiger partial charge in [0.2, 0.25) is 0 Å². The lowest BCUT2D eigenvalue weighted by Crippen LogP contribution is -2.19. The van der Waals surface area contributed by atoms with Crippen molar-refractivity contribution in [2.24, 2.45) is 7.05 Å². The van der Waals surface area contributed by atoms with Crippen molar-refractivity contribution >= 4 is 16.9 Å². The van der Waals surface area contributed by atoms with Gasteiger partial charge in [0.25, 0.3) is 0 Å². The van der Waals surface area contributed by atoms with Crippen molar-refractivity contribution in [1.29, 1.82) is 0 Å². The molecule has 0 unspecified atom stereocenters. The highest BCUT2D eigenvalue weighted by Crippen LogP contribution is 2.18. The molecule has 0 spiro atoms. The molecule has 0 saturated heterocycles. The molecule has 2 aromatic rings. The summed E-state index contributed by atoms with van der Waals surface area (Å²) >= 11 is 0. The van der Waals surface area contributed by atoms with Crippen molar-refractivity contribution in [2.45, 2.75) is 13.8 Å². The molecule has 1 aromatic heterocycles. The third-order valence-electron chi connectivity index (χ3n) is 2.72. The van der Waals surface area contributed by atoms with Gasteiger partial charge in [-0.25, -0.2) is 0 Å². The van der Waals surface area contributed by atoms with Crippen LogP contribution in [0.2, 0.25) is 0 Å². The first kappa shape index (κ1) is 15.2. The maximum atomic E-state index is 10.1. The SMILES string of the molecule is CNCC(=O)OC.Cc1cc(C)c2c(cnn2C)c1. The Balaban J connectivity index is 0.000000224. The number of carbonyl (C=O) groups excluding carboxylic acids is 1. The highest BCUT2D eigenvalue weighted by atomic mass is 16.5. The van der Waals surface area contributed by atoms with Gasteiger partial charge in [0.1, 0.15) is 0 Å². The molecule has 0 radical (unpaired) electrons. The van der Waals surface area contributed by atoms with E-state index >= 15 is 0 Å². The summed E-state index contributed by atoms with van der Waals surface area (Å²) in [6.07, 6.45) is 1.91. The monoisotopic (exact) mass is 263 g/mol. The van der Waals surface area contributed by atoms with E-state index < -0.39 is 0 Å². The van der Waals surface area contributed by atoms with E-state index in [1.807, 2.05) is 17.9 Å². The lowest BCUT2D eigenvalue weighted by atomic mass is 10.1. The van der Waals surface area contributed by atoms with Gasteiger partial charge in [0, 0.05) is 12.4 Å². The fourth-order valence-electron chi connectivity index (χ4n) is 1.96. The number of nitrogens with one attached hydrogen (secondary N) is 1. The van der Waals surface area contributed by atoms with Gasteiger partial charge in [-0.1, -0.05) is 11.6 Å². The number of carbonyl (C=O) groups is 1. The van der Waals surface area contributed by atoms with Crippen molar-refractivity contribution in [1.82, 2.24) is 15.1 Å². The fourth-order valence-corrected chi connectivity index (χ4v) is 1.96. The van der Waals surface area contributed by atoms with E-state index in [1.165, 1.54) is 29.1 Å². The van der Waals surface area contributed by atoms with Crippen LogP contribution in [0.25, 0.3) is 10.9 Å². The van der Waals surface area contributed by atoms with Crippen LogP contribution in [0, 0.1) is 13.8 Å². The number of aryl methyl sites for hydroxylation is 3. The van der Waals surface area contributed by atoms with Crippen LogP contribution in [0.4, 0.5) is 0 Å². The third kappa shape index (κ3) is 4.06. The van der Waals surface area contributed by atoms with E-state index in [2.05, 4.69) is 41.1 Å². The molecule has 1 heterocycles. The van der Waals surface area contributed by atoms with Crippen LogP contribution in [0.3, 0.4) is 0 Å². The Morgan fingerprint density at radius 2 is 2.11 bits per heavy atom. The number of hydrogen-bond donors (Lipinski definition) is 1. The third-order valence-corrected chi connectivity index (χ3v) is 2.72. The number of aromatic nitrogens is 2. The molecule has 5 heteroatoms. The van der Waals surface area contributed by atoms with Crippen molar-refractivity contribution < 1.29 is 9.53 Å². The van der Waals surface area contributed by atoms with Gasteiger partial charge < -0.3 is 10.1 Å². The zero-order chi connectivity index (χ0) is 14.4. The van der Waals surface area contributed by atoms with Crippen LogP contribution < -0.4 is 5.32 Å². The first-order valence-corrected chi connectivity index (χ1v) is 6.10. The number of fused-ring (bicyclic) bond motifs is 1. The predicted molar refractivity (Wildman–Crippen MR) is 76.1 cm³/mol. The summed E-state index contributed by atoms with van der Waals surface area (Å²) in [5.74, 6) is -0.234. The smallest absolute Gasteiger partial charge is 0.319 e. The van der Waals surface area contributed by atoms with Crippen LogP contribution in [-0.2, 0) is 16.6 Å². The molecule has 0 bridgehead atoms. The molecule has 0 aliphatic carbocycles. The topological polar surface area (TPSA) is 56.1 Å². The summed E-state index contributed by atoms with van der Waals surface area (Å²) in [5.41, 5.74) is 3.83. The highest BCUT2D eigenvalue weighted by Gasteiger charge is 2.02. The number of likely N-dealkylation sites (N-methyl/N-ethyl adjacent to an activating group) is 1. The second-order valence-electron chi connectivity index (χ2n) is 4.39. The number of ether oxygens (including phenoxy) is 1. The van der Waals surface area contributed by atoms with E-state index in [1.54, 1.807) is 7.05 Å². The zero-order valence-electron chi connectivity index (χ0n) is 12.2. The van der Waals surface area contributed by atoms with Gasteiger partial charge in [0.05, 0.1) is 25.4 Å². The molecule has 1 N–H and O–H groups in total. The van der Waals surface area contributed by atoms with Crippen LogP contribution in [0.1, 0.15) is 11.1 Å². The van der Waals surface area contributed by atoms with Gasteiger partial charge in [-0.3, -0.25) is 9.48 Å². The molecule has 104 valence electrons. The number of nitrogens with zero attached hydrogens (tertiary/aromatic N) is 2. The minimum atomic E-state index is -0.234. The summed E-state index contributed by atoms with van der Waals surface area (Å²) in [6, 6.07) is 4.35. The molecule has 19 heavy (non-hydrogen) atoms. The molecule has 0 atom stereocenters. The second kappa shape index (κ2) is 6.89. The Kier molecular flexibility index (Phi) is 5.51. The predicted octanol–water partition coefficient (Wildman–Crippen LogP) is 1.57. The molecule has 1 aromatic carbocycles. The Bertz CT molecular complexity index is 561. The summed E-state index contributed by atoms with van der Waals surface area (Å²) < 4.78 is 6.21. The molecule has 0 aliphatic heterocycles. The highest BCUT2D eigenvalue weighted by molar-refractivity contribution is 5.82. The molecule has 2 rings (SSSR count). The van der Waals surface area contributed by atoms with Crippen molar-refractivity contribution in [3.8, 4) is 0 Å². The minimum Gasteiger partial charge on any atom is -0.468 e. The van der Waals surface area contributed by atoms with Crippen molar-refractivity contribution in [3.05, 3.63) is 29.5 Å². The molecule has 5 nitrogen and oxygen atoms in total. The first-order chi connectivity index (χ1) is 8.99. The van der Waals surface area contributed by atoms with E-state index in [0.29, 0.717) is 0 Å². The molecule has 0 saturated carbocycles. The molecule has 0 aliphatic rings. The number of benzene rings is 1. The maximum Gasteiger partial charge on any atom is 0.319 e. The van der Waals surface area contributed by atoms with Gasteiger partial charge in [0.15, 0.2) is 0 Å². The Morgan fingerprint density at radius 3 is 2.63 bits per heavy atom. The average Bonchev–Trinajstić information content (AvgIpc) is 2.72. The van der Waals surface area contributed by atoms with E-state index in [4.69, 9.17) is 0 Å². The quantitative estimate of drug-likeness (QED) is 0.836. The summed E-state index contributed by atoms with van der Waals surface area (Å²) in [5, 5.41) is 8.09. The Hall–Kier alpha value is -1.88. The largest absolute Gasteiger partial charge is 0.468 e.